The van der Waals surface area contributed by atoms with E-state index in [-0.39, 0.29) is 6.04 Å². The van der Waals surface area contributed by atoms with Crippen LogP contribution in [0, 0.1) is 0 Å². The first-order valence-corrected chi connectivity index (χ1v) is 6.64. The van der Waals surface area contributed by atoms with Crippen LogP contribution in [0.4, 0.5) is 0 Å². The van der Waals surface area contributed by atoms with Gasteiger partial charge in [-0.05, 0) is 47.5 Å². The van der Waals surface area contributed by atoms with E-state index in [0.29, 0.717) is 0 Å². The summed E-state index contributed by atoms with van der Waals surface area (Å²) >= 11 is 3.49. The zero-order valence-electron chi connectivity index (χ0n) is 10.4. The molecule has 0 spiro atoms. The molecule has 0 radical (unpaired) electrons. The third kappa shape index (κ3) is 2.91. The molecule has 1 heterocycles. The van der Waals surface area contributed by atoms with Crippen LogP contribution >= 0.6 is 15.9 Å². The van der Waals surface area contributed by atoms with Gasteiger partial charge in [0.25, 0.3) is 0 Å². The highest BCUT2D eigenvalue weighted by Crippen LogP contribution is 2.31. The molecule has 2 N–H and O–H groups in total. The summed E-state index contributed by atoms with van der Waals surface area (Å²) in [6.45, 7) is 4.81. The zero-order chi connectivity index (χ0) is 13.1. The Morgan fingerprint density at radius 2 is 2.28 bits per heavy atom. The standard InChI is InChI=1S/C13H16BrN3O/c1-3-17-8-11(7-16-17)18-13-5-4-10(9(2)15)6-12(13)14/h4-9H,3,15H2,1-2H3/t9-/m0/s1. The maximum atomic E-state index is 5.83. The van der Waals surface area contributed by atoms with E-state index in [4.69, 9.17) is 10.5 Å². The van der Waals surface area contributed by atoms with Crippen LogP contribution in [0.25, 0.3) is 0 Å². The van der Waals surface area contributed by atoms with E-state index in [1.807, 2.05) is 42.9 Å². The molecule has 18 heavy (non-hydrogen) atoms. The quantitative estimate of drug-likeness (QED) is 0.940. The fourth-order valence-corrected chi connectivity index (χ4v) is 2.06. The zero-order valence-corrected chi connectivity index (χ0v) is 12.0. The molecule has 0 aliphatic heterocycles. The SMILES string of the molecule is CCn1cc(Oc2ccc([C@H](C)N)cc2Br)cn1. The molecule has 0 unspecified atom stereocenters. The summed E-state index contributed by atoms with van der Waals surface area (Å²) < 4.78 is 8.46. The summed E-state index contributed by atoms with van der Waals surface area (Å²) in [6, 6.07) is 5.86. The maximum Gasteiger partial charge on any atom is 0.165 e. The lowest BCUT2D eigenvalue weighted by atomic mass is 10.1. The number of halogens is 1. The Morgan fingerprint density at radius 1 is 1.50 bits per heavy atom. The number of nitrogens with two attached hydrogens (primary N) is 1. The Bertz CT molecular complexity index is 537. The average Bonchev–Trinajstić information content (AvgIpc) is 2.79. The molecule has 0 aliphatic rings. The van der Waals surface area contributed by atoms with E-state index in [9.17, 15) is 0 Å². The molecule has 1 aromatic heterocycles. The van der Waals surface area contributed by atoms with Crippen molar-refractivity contribution in [3.63, 3.8) is 0 Å². The first-order valence-electron chi connectivity index (χ1n) is 5.85. The third-order valence-electron chi connectivity index (χ3n) is 2.64. The van der Waals surface area contributed by atoms with Crippen molar-refractivity contribution >= 4 is 15.9 Å². The largest absolute Gasteiger partial charge is 0.453 e. The number of benzene rings is 1. The van der Waals surface area contributed by atoms with Crippen molar-refractivity contribution in [2.24, 2.45) is 5.73 Å². The van der Waals surface area contributed by atoms with Gasteiger partial charge in [-0.2, -0.15) is 5.10 Å². The van der Waals surface area contributed by atoms with Gasteiger partial charge in [0.15, 0.2) is 5.75 Å². The second-order valence-electron chi connectivity index (χ2n) is 4.11. The van der Waals surface area contributed by atoms with Crippen LogP contribution in [0.1, 0.15) is 25.5 Å². The van der Waals surface area contributed by atoms with Gasteiger partial charge in [-0.25, -0.2) is 0 Å². The summed E-state index contributed by atoms with van der Waals surface area (Å²) in [5, 5.41) is 4.16. The fourth-order valence-electron chi connectivity index (χ4n) is 1.58. The molecule has 2 rings (SSSR count). The predicted molar refractivity (Wildman–Crippen MR) is 74.7 cm³/mol. The number of rotatable bonds is 4. The third-order valence-corrected chi connectivity index (χ3v) is 3.26. The number of aromatic nitrogens is 2. The van der Waals surface area contributed by atoms with Crippen molar-refractivity contribution in [2.45, 2.75) is 26.4 Å². The summed E-state index contributed by atoms with van der Waals surface area (Å²) in [6.07, 6.45) is 3.57. The predicted octanol–water partition coefficient (Wildman–Crippen LogP) is 3.48. The molecule has 0 saturated heterocycles. The van der Waals surface area contributed by atoms with Crippen molar-refractivity contribution in [3.05, 3.63) is 40.6 Å². The van der Waals surface area contributed by atoms with Crippen LogP contribution < -0.4 is 10.5 Å². The monoisotopic (exact) mass is 309 g/mol. The highest BCUT2D eigenvalue weighted by molar-refractivity contribution is 9.10. The minimum absolute atomic E-state index is 0.0122. The van der Waals surface area contributed by atoms with Crippen molar-refractivity contribution in [2.75, 3.05) is 0 Å². The summed E-state index contributed by atoms with van der Waals surface area (Å²) in [5.41, 5.74) is 6.90. The lowest BCUT2D eigenvalue weighted by molar-refractivity contribution is 0.478. The van der Waals surface area contributed by atoms with Crippen molar-refractivity contribution in [1.82, 2.24) is 9.78 Å². The Labute approximate surface area is 115 Å². The minimum atomic E-state index is 0.0122. The molecule has 1 atom stereocenters. The molecular weight excluding hydrogens is 294 g/mol. The minimum Gasteiger partial charge on any atom is -0.453 e. The first kappa shape index (κ1) is 13.1. The van der Waals surface area contributed by atoms with Crippen molar-refractivity contribution < 1.29 is 4.74 Å². The topological polar surface area (TPSA) is 53.1 Å². The van der Waals surface area contributed by atoms with Gasteiger partial charge in [0.1, 0.15) is 5.75 Å². The number of aryl methyl sites for hydroxylation is 1. The van der Waals surface area contributed by atoms with Gasteiger partial charge in [0.05, 0.1) is 16.9 Å². The van der Waals surface area contributed by atoms with E-state index in [1.165, 1.54) is 0 Å². The summed E-state index contributed by atoms with van der Waals surface area (Å²) in [7, 11) is 0. The van der Waals surface area contributed by atoms with Gasteiger partial charge < -0.3 is 10.5 Å². The fraction of sp³-hybridized carbons (Fsp3) is 0.308. The smallest absolute Gasteiger partial charge is 0.165 e. The van der Waals surface area contributed by atoms with Gasteiger partial charge >= 0.3 is 0 Å². The highest BCUT2D eigenvalue weighted by atomic mass is 79.9. The molecule has 1 aromatic carbocycles. The van der Waals surface area contributed by atoms with E-state index in [2.05, 4.69) is 21.0 Å². The van der Waals surface area contributed by atoms with E-state index < -0.39 is 0 Å². The molecule has 4 nitrogen and oxygen atoms in total. The summed E-state index contributed by atoms with van der Waals surface area (Å²) in [5.74, 6) is 1.49. The molecule has 0 fully saturated rings. The van der Waals surface area contributed by atoms with Gasteiger partial charge in [-0.1, -0.05) is 6.07 Å². The number of hydrogen-bond acceptors (Lipinski definition) is 3. The van der Waals surface area contributed by atoms with Crippen LogP contribution in [0.15, 0.2) is 35.1 Å². The van der Waals surface area contributed by atoms with Gasteiger partial charge in [0, 0.05) is 12.6 Å². The molecule has 96 valence electrons. The van der Waals surface area contributed by atoms with Crippen LogP contribution in [0.5, 0.6) is 11.5 Å². The second kappa shape index (κ2) is 5.54. The summed E-state index contributed by atoms with van der Waals surface area (Å²) in [4.78, 5) is 0. The molecule has 0 bridgehead atoms. The van der Waals surface area contributed by atoms with Crippen LogP contribution in [-0.2, 0) is 6.54 Å². The van der Waals surface area contributed by atoms with Crippen LogP contribution in [-0.4, -0.2) is 9.78 Å². The molecule has 0 amide bonds. The molecular formula is C13H16BrN3O. The van der Waals surface area contributed by atoms with Crippen molar-refractivity contribution in [3.8, 4) is 11.5 Å². The lowest BCUT2D eigenvalue weighted by Gasteiger charge is -2.09. The van der Waals surface area contributed by atoms with Gasteiger partial charge in [-0.3, -0.25) is 4.68 Å². The molecule has 5 heteroatoms. The maximum absolute atomic E-state index is 5.83. The second-order valence-corrected chi connectivity index (χ2v) is 4.97. The number of ether oxygens (including phenoxy) is 1. The Hall–Kier alpha value is -1.33. The Kier molecular flexibility index (Phi) is 4.04. The Morgan fingerprint density at radius 3 is 2.83 bits per heavy atom. The van der Waals surface area contributed by atoms with Gasteiger partial charge in [-0.15, -0.1) is 0 Å². The highest BCUT2D eigenvalue weighted by Gasteiger charge is 2.07. The van der Waals surface area contributed by atoms with Crippen molar-refractivity contribution in [1.29, 1.82) is 0 Å². The molecule has 0 saturated carbocycles. The van der Waals surface area contributed by atoms with Gasteiger partial charge in [0.2, 0.25) is 0 Å². The van der Waals surface area contributed by atoms with Crippen LogP contribution in [0.3, 0.4) is 0 Å². The number of hydrogen-bond donors (Lipinski definition) is 1. The van der Waals surface area contributed by atoms with E-state index >= 15 is 0 Å². The molecule has 0 aliphatic carbocycles. The van der Waals surface area contributed by atoms with E-state index in [1.54, 1.807) is 6.20 Å². The number of nitrogens with zero attached hydrogens (tertiary/aromatic N) is 2. The lowest BCUT2D eigenvalue weighted by Crippen LogP contribution is -2.04. The van der Waals surface area contributed by atoms with Crippen LogP contribution in [0.2, 0.25) is 0 Å². The Balaban J connectivity index is 2.19. The molecule has 2 aromatic rings. The normalized spacial score (nSPS) is 12.4. The first-order chi connectivity index (χ1) is 8.60. The van der Waals surface area contributed by atoms with E-state index in [0.717, 1.165) is 28.1 Å². The average molecular weight is 310 g/mol.